The van der Waals surface area contributed by atoms with Gasteiger partial charge in [0.25, 0.3) is 5.91 Å². The van der Waals surface area contributed by atoms with Gasteiger partial charge in [-0.2, -0.15) is 0 Å². The van der Waals surface area contributed by atoms with Gasteiger partial charge in [0.05, 0.1) is 26.3 Å². The largest absolute Gasteiger partial charge is 0.497 e. The molecule has 2 amide bonds. The number of methoxy groups -OCH3 is 1. The molecular formula is C20H23N3O4S. The van der Waals surface area contributed by atoms with Crippen molar-refractivity contribution in [3.05, 3.63) is 48.4 Å². The molecule has 0 bridgehead atoms. The summed E-state index contributed by atoms with van der Waals surface area (Å²) < 4.78 is 10.5. The molecule has 1 N–H and O–H groups in total. The van der Waals surface area contributed by atoms with Crippen LogP contribution in [0.2, 0.25) is 0 Å². The molecule has 1 aliphatic rings. The van der Waals surface area contributed by atoms with E-state index < -0.39 is 6.04 Å². The fourth-order valence-electron chi connectivity index (χ4n) is 3.20. The molecule has 0 saturated carbocycles. The lowest BCUT2D eigenvalue weighted by molar-refractivity contribution is -0.131. The molecule has 1 saturated heterocycles. The number of nitrogens with zero attached hydrogens (tertiary/aromatic N) is 2. The molecule has 2 aromatic rings. The van der Waals surface area contributed by atoms with Gasteiger partial charge in [0.2, 0.25) is 5.91 Å². The molecule has 1 aliphatic heterocycles. The third-order valence-electron chi connectivity index (χ3n) is 4.54. The number of amides is 2. The minimum atomic E-state index is -0.638. The molecule has 1 atom stereocenters. The van der Waals surface area contributed by atoms with Gasteiger partial charge in [-0.15, -0.1) is 0 Å². The number of anilines is 1. The first-order chi connectivity index (χ1) is 13.4. The van der Waals surface area contributed by atoms with Crippen molar-refractivity contribution in [2.75, 3.05) is 12.4 Å². The van der Waals surface area contributed by atoms with E-state index in [2.05, 4.69) is 5.32 Å². The fraction of sp³-hybridized carbons (Fsp3) is 0.350. The molecule has 0 spiro atoms. The predicted molar refractivity (Wildman–Crippen MR) is 109 cm³/mol. The first kappa shape index (κ1) is 19.9. The first-order valence-electron chi connectivity index (χ1n) is 9.00. The SMILES string of the molecule is COc1ccc(NC(=O)C[C@@H]2C(=O)N(Cc3ccco3)C(=S)N2C(C)C)cc1. The van der Waals surface area contributed by atoms with Crippen molar-refractivity contribution in [3.8, 4) is 5.75 Å². The van der Waals surface area contributed by atoms with E-state index in [4.69, 9.17) is 21.4 Å². The van der Waals surface area contributed by atoms with E-state index >= 15 is 0 Å². The van der Waals surface area contributed by atoms with Crippen LogP contribution in [0.1, 0.15) is 26.0 Å². The number of hydrogen-bond acceptors (Lipinski definition) is 5. The van der Waals surface area contributed by atoms with Crippen molar-refractivity contribution in [1.29, 1.82) is 0 Å². The van der Waals surface area contributed by atoms with Crippen LogP contribution in [-0.2, 0) is 16.1 Å². The Morgan fingerprint density at radius 1 is 1.29 bits per heavy atom. The van der Waals surface area contributed by atoms with Crippen LogP contribution in [0, 0.1) is 0 Å². The van der Waals surface area contributed by atoms with Gasteiger partial charge in [-0.05, 0) is 62.5 Å². The van der Waals surface area contributed by atoms with Gasteiger partial charge in [-0.1, -0.05) is 0 Å². The molecule has 148 valence electrons. The smallest absolute Gasteiger partial charge is 0.252 e. The average Bonchev–Trinajstić information content (AvgIpc) is 3.25. The van der Waals surface area contributed by atoms with E-state index in [1.807, 2.05) is 18.7 Å². The van der Waals surface area contributed by atoms with Crippen LogP contribution in [0.25, 0.3) is 0 Å². The summed E-state index contributed by atoms with van der Waals surface area (Å²) in [6.07, 6.45) is 1.57. The normalized spacial score (nSPS) is 16.8. The van der Waals surface area contributed by atoms with E-state index in [9.17, 15) is 9.59 Å². The van der Waals surface area contributed by atoms with Crippen LogP contribution < -0.4 is 10.1 Å². The van der Waals surface area contributed by atoms with Crippen molar-refractivity contribution in [2.45, 2.75) is 38.9 Å². The highest BCUT2D eigenvalue weighted by Gasteiger charge is 2.44. The standard InChI is InChI=1S/C20H23N3O4S/c1-13(2)23-17(11-18(24)21-14-6-8-15(26-3)9-7-14)19(25)22(20(23)28)12-16-5-4-10-27-16/h4-10,13,17H,11-12H2,1-3H3,(H,21,24)/t17-/m1/s1. The highest BCUT2D eigenvalue weighted by Crippen LogP contribution is 2.26. The summed E-state index contributed by atoms with van der Waals surface area (Å²) in [5.41, 5.74) is 0.641. The summed E-state index contributed by atoms with van der Waals surface area (Å²) in [5.74, 6) is 0.897. The number of benzene rings is 1. The highest BCUT2D eigenvalue weighted by atomic mass is 32.1. The molecule has 3 rings (SSSR count). The van der Waals surface area contributed by atoms with Crippen LogP contribution in [0.4, 0.5) is 5.69 Å². The third kappa shape index (κ3) is 4.17. The maximum Gasteiger partial charge on any atom is 0.252 e. The molecule has 28 heavy (non-hydrogen) atoms. The average molecular weight is 401 g/mol. The second-order valence-electron chi connectivity index (χ2n) is 6.78. The van der Waals surface area contributed by atoms with Gasteiger partial charge in [-0.25, -0.2) is 0 Å². The van der Waals surface area contributed by atoms with E-state index in [1.54, 1.807) is 49.8 Å². The Hall–Kier alpha value is -2.87. The predicted octanol–water partition coefficient (Wildman–Crippen LogP) is 3.02. The Morgan fingerprint density at radius 3 is 2.57 bits per heavy atom. The van der Waals surface area contributed by atoms with Gasteiger partial charge < -0.3 is 19.4 Å². The molecule has 7 nitrogen and oxygen atoms in total. The van der Waals surface area contributed by atoms with Crippen molar-refractivity contribution in [2.24, 2.45) is 0 Å². The van der Waals surface area contributed by atoms with Gasteiger partial charge >= 0.3 is 0 Å². The van der Waals surface area contributed by atoms with Crippen LogP contribution in [-0.4, -0.2) is 45.9 Å². The summed E-state index contributed by atoms with van der Waals surface area (Å²) in [7, 11) is 1.58. The summed E-state index contributed by atoms with van der Waals surface area (Å²) in [5, 5.41) is 3.24. The van der Waals surface area contributed by atoms with Crippen molar-refractivity contribution >= 4 is 34.8 Å². The van der Waals surface area contributed by atoms with Gasteiger partial charge in [0.1, 0.15) is 17.6 Å². The molecule has 1 fully saturated rings. The Balaban J connectivity index is 1.71. The Kier molecular flexibility index (Phi) is 5.99. The monoisotopic (exact) mass is 401 g/mol. The molecule has 0 unspecified atom stereocenters. The molecule has 2 heterocycles. The molecular weight excluding hydrogens is 378 g/mol. The molecule has 0 radical (unpaired) electrons. The quantitative estimate of drug-likeness (QED) is 0.719. The topological polar surface area (TPSA) is 75.0 Å². The summed E-state index contributed by atoms with van der Waals surface area (Å²) in [4.78, 5) is 28.9. The van der Waals surface area contributed by atoms with Crippen LogP contribution >= 0.6 is 12.2 Å². The number of ether oxygens (including phenoxy) is 1. The van der Waals surface area contributed by atoms with Crippen LogP contribution in [0.15, 0.2) is 47.1 Å². The summed E-state index contributed by atoms with van der Waals surface area (Å²) in [6, 6.07) is 9.92. The number of hydrogen-bond donors (Lipinski definition) is 1. The molecule has 0 aliphatic carbocycles. The Bertz CT molecular complexity index is 849. The molecule has 8 heteroatoms. The zero-order valence-corrected chi connectivity index (χ0v) is 16.9. The Morgan fingerprint density at radius 2 is 2.00 bits per heavy atom. The first-order valence-corrected chi connectivity index (χ1v) is 9.41. The second-order valence-corrected chi connectivity index (χ2v) is 7.15. The number of furan rings is 1. The van der Waals surface area contributed by atoms with Crippen LogP contribution in [0.3, 0.4) is 0 Å². The summed E-state index contributed by atoms with van der Waals surface area (Å²) in [6.45, 7) is 4.15. The minimum absolute atomic E-state index is 0.0117. The maximum absolute atomic E-state index is 13.0. The van der Waals surface area contributed by atoms with Crippen molar-refractivity contribution in [3.63, 3.8) is 0 Å². The van der Waals surface area contributed by atoms with Crippen molar-refractivity contribution in [1.82, 2.24) is 9.80 Å². The van der Waals surface area contributed by atoms with E-state index in [-0.39, 0.29) is 30.8 Å². The Labute approximate surface area is 169 Å². The van der Waals surface area contributed by atoms with Gasteiger partial charge in [0, 0.05) is 11.7 Å². The minimum Gasteiger partial charge on any atom is -0.497 e. The molecule has 1 aromatic heterocycles. The zero-order chi connectivity index (χ0) is 20.3. The lowest BCUT2D eigenvalue weighted by Gasteiger charge is -2.27. The lowest BCUT2D eigenvalue weighted by Crippen LogP contribution is -2.42. The number of carbonyl (C=O) groups excluding carboxylic acids is 2. The third-order valence-corrected chi connectivity index (χ3v) is 4.97. The van der Waals surface area contributed by atoms with Crippen LogP contribution in [0.5, 0.6) is 5.75 Å². The fourth-order valence-corrected chi connectivity index (χ4v) is 3.69. The van der Waals surface area contributed by atoms with E-state index in [0.717, 1.165) is 0 Å². The van der Waals surface area contributed by atoms with Crippen molar-refractivity contribution < 1.29 is 18.7 Å². The van der Waals surface area contributed by atoms with Gasteiger partial charge in [0.15, 0.2) is 5.11 Å². The number of rotatable bonds is 7. The van der Waals surface area contributed by atoms with Gasteiger partial charge in [-0.3, -0.25) is 14.5 Å². The molecule has 1 aromatic carbocycles. The highest BCUT2D eigenvalue weighted by molar-refractivity contribution is 7.80. The van der Waals surface area contributed by atoms with E-state index in [1.165, 1.54) is 4.90 Å². The summed E-state index contributed by atoms with van der Waals surface area (Å²) >= 11 is 5.52. The zero-order valence-electron chi connectivity index (χ0n) is 16.0. The second kappa shape index (κ2) is 8.43. The van der Waals surface area contributed by atoms with E-state index in [0.29, 0.717) is 22.3 Å². The lowest BCUT2D eigenvalue weighted by atomic mass is 10.1. The number of nitrogens with one attached hydrogen (secondary N) is 1. The number of thiocarbonyl (C=S) groups is 1. The number of carbonyl (C=O) groups is 2. The maximum atomic E-state index is 13.0.